The zero-order valence-electron chi connectivity index (χ0n) is 13.7. The van der Waals surface area contributed by atoms with Crippen molar-refractivity contribution < 1.29 is 4.79 Å². The van der Waals surface area contributed by atoms with Crippen molar-refractivity contribution in [2.24, 2.45) is 0 Å². The largest absolute Gasteiger partial charge is 0.376 e. The fraction of sp³-hybridized carbons (Fsp3) is 0.263. The number of hydrogen-bond acceptors (Lipinski definition) is 3. The summed E-state index contributed by atoms with van der Waals surface area (Å²) in [6.07, 6.45) is 0. The monoisotopic (exact) mass is 307 g/mol. The van der Waals surface area contributed by atoms with Crippen molar-refractivity contribution in [2.75, 3.05) is 17.2 Å². The summed E-state index contributed by atoms with van der Waals surface area (Å²) in [6, 6.07) is 17.0. The van der Waals surface area contributed by atoms with E-state index in [1.807, 2.05) is 30.3 Å². The quantitative estimate of drug-likeness (QED) is 0.900. The van der Waals surface area contributed by atoms with Gasteiger partial charge in [-0.2, -0.15) is 5.26 Å². The molecule has 0 aliphatic carbocycles. The molecule has 0 unspecified atom stereocenters. The fourth-order valence-electron chi connectivity index (χ4n) is 2.14. The van der Waals surface area contributed by atoms with E-state index >= 15 is 0 Å². The second-order valence-corrected chi connectivity index (χ2v) is 6.42. The summed E-state index contributed by atoms with van der Waals surface area (Å²) in [4.78, 5) is 12.0. The summed E-state index contributed by atoms with van der Waals surface area (Å²) < 4.78 is 0. The van der Waals surface area contributed by atoms with Crippen LogP contribution in [0.15, 0.2) is 48.5 Å². The van der Waals surface area contributed by atoms with E-state index in [2.05, 4.69) is 37.5 Å². The lowest BCUT2D eigenvalue weighted by Gasteiger charge is -2.19. The van der Waals surface area contributed by atoms with Gasteiger partial charge in [0.2, 0.25) is 5.91 Å². The first kappa shape index (κ1) is 16.6. The maximum atomic E-state index is 12.0. The minimum atomic E-state index is -0.129. The van der Waals surface area contributed by atoms with Crippen molar-refractivity contribution in [3.05, 3.63) is 59.7 Å². The molecule has 2 aromatic rings. The highest BCUT2D eigenvalue weighted by Crippen LogP contribution is 2.23. The molecule has 0 atom stereocenters. The van der Waals surface area contributed by atoms with E-state index in [0.717, 1.165) is 11.4 Å². The number of carbonyl (C=O) groups excluding carboxylic acids is 1. The lowest BCUT2D eigenvalue weighted by molar-refractivity contribution is -0.114. The van der Waals surface area contributed by atoms with Crippen LogP contribution < -0.4 is 10.6 Å². The predicted octanol–water partition coefficient (Wildman–Crippen LogP) is 3.91. The number of benzene rings is 2. The SMILES string of the molecule is CC(C)(C)c1ccc(NC(=O)CNc2cccc(C#N)c2)cc1. The third kappa shape index (κ3) is 4.86. The molecule has 2 N–H and O–H groups in total. The maximum absolute atomic E-state index is 12.0. The van der Waals surface area contributed by atoms with Gasteiger partial charge in [-0.25, -0.2) is 0 Å². The van der Waals surface area contributed by atoms with Gasteiger partial charge in [-0.05, 0) is 41.3 Å². The Balaban J connectivity index is 1.91. The minimum Gasteiger partial charge on any atom is -0.376 e. The first-order valence-corrected chi connectivity index (χ1v) is 7.53. The molecule has 1 amide bonds. The number of hydrogen-bond donors (Lipinski definition) is 2. The van der Waals surface area contributed by atoms with E-state index in [1.54, 1.807) is 18.2 Å². The van der Waals surface area contributed by atoms with Gasteiger partial charge in [-0.1, -0.05) is 39.0 Å². The molecule has 4 nitrogen and oxygen atoms in total. The molecule has 0 bridgehead atoms. The van der Waals surface area contributed by atoms with Gasteiger partial charge in [0.05, 0.1) is 18.2 Å². The number of anilines is 2. The van der Waals surface area contributed by atoms with Crippen LogP contribution in [0.1, 0.15) is 31.9 Å². The molecule has 0 saturated heterocycles. The predicted molar refractivity (Wildman–Crippen MR) is 93.4 cm³/mol. The van der Waals surface area contributed by atoms with Gasteiger partial charge in [0.15, 0.2) is 0 Å². The van der Waals surface area contributed by atoms with Crippen molar-refractivity contribution >= 4 is 17.3 Å². The average Bonchev–Trinajstić information content (AvgIpc) is 2.53. The first-order valence-electron chi connectivity index (χ1n) is 7.53. The van der Waals surface area contributed by atoms with Crippen LogP contribution >= 0.6 is 0 Å². The van der Waals surface area contributed by atoms with E-state index in [1.165, 1.54) is 5.56 Å². The summed E-state index contributed by atoms with van der Waals surface area (Å²) in [5, 5.41) is 14.7. The molecule has 2 aromatic carbocycles. The number of nitrogens with zero attached hydrogens (tertiary/aromatic N) is 1. The smallest absolute Gasteiger partial charge is 0.243 e. The second kappa shape index (κ2) is 6.97. The summed E-state index contributed by atoms with van der Waals surface area (Å²) in [6.45, 7) is 6.61. The molecule has 0 heterocycles. The molecule has 0 radical (unpaired) electrons. The van der Waals surface area contributed by atoms with Gasteiger partial charge in [0, 0.05) is 11.4 Å². The van der Waals surface area contributed by atoms with Gasteiger partial charge in [0.1, 0.15) is 0 Å². The van der Waals surface area contributed by atoms with Gasteiger partial charge in [0.25, 0.3) is 0 Å². The molecular formula is C19H21N3O. The van der Waals surface area contributed by atoms with Crippen LogP contribution in [0.4, 0.5) is 11.4 Å². The Hall–Kier alpha value is -2.80. The van der Waals surface area contributed by atoms with Crippen molar-refractivity contribution in [1.82, 2.24) is 0 Å². The highest BCUT2D eigenvalue weighted by Gasteiger charge is 2.13. The summed E-state index contributed by atoms with van der Waals surface area (Å²) in [5.41, 5.74) is 3.41. The Bertz CT molecular complexity index is 722. The highest BCUT2D eigenvalue weighted by atomic mass is 16.1. The number of nitrogens with one attached hydrogen (secondary N) is 2. The Morgan fingerprint density at radius 1 is 1.09 bits per heavy atom. The second-order valence-electron chi connectivity index (χ2n) is 6.42. The summed E-state index contributed by atoms with van der Waals surface area (Å²) in [5.74, 6) is -0.129. The number of carbonyl (C=O) groups is 1. The molecule has 0 saturated carbocycles. The third-order valence-corrected chi connectivity index (χ3v) is 3.48. The van der Waals surface area contributed by atoms with E-state index in [-0.39, 0.29) is 17.9 Å². The maximum Gasteiger partial charge on any atom is 0.243 e. The topological polar surface area (TPSA) is 64.9 Å². The van der Waals surface area contributed by atoms with Crippen molar-refractivity contribution in [3.63, 3.8) is 0 Å². The summed E-state index contributed by atoms with van der Waals surface area (Å²) in [7, 11) is 0. The van der Waals surface area contributed by atoms with Crippen LogP contribution in [-0.2, 0) is 10.2 Å². The number of nitriles is 1. The van der Waals surface area contributed by atoms with Crippen molar-refractivity contribution in [1.29, 1.82) is 5.26 Å². The van der Waals surface area contributed by atoms with Crippen LogP contribution in [0.3, 0.4) is 0 Å². The Morgan fingerprint density at radius 3 is 2.39 bits per heavy atom. The highest BCUT2D eigenvalue weighted by molar-refractivity contribution is 5.93. The standard InChI is InChI=1S/C19H21N3O/c1-19(2,3)15-7-9-16(10-8-15)22-18(23)13-21-17-6-4-5-14(11-17)12-20/h4-11,21H,13H2,1-3H3,(H,22,23). The molecule has 23 heavy (non-hydrogen) atoms. The molecule has 0 fully saturated rings. The lowest BCUT2D eigenvalue weighted by Crippen LogP contribution is -2.21. The zero-order valence-corrected chi connectivity index (χ0v) is 13.7. The molecule has 118 valence electrons. The Labute approximate surface area is 137 Å². The Kier molecular flexibility index (Phi) is 5.02. The molecule has 0 aromatic heterocycles. The van der Waals surface area contributed by atoms with E-state index < -0.39 is 0 Å². The van der Waals surface area contributed by atoms with Crippen LogP contribution in [0.5, 0.6) is 0 Å². The third-order valence-electron chi connectivity index (χ3n) is 3.48. The van der Waals surface area contributed by atoms with E-state index in [0.29, 0.717) is 5.56 Å². The van der Waals surface area contributed by atoms with E-state index in [4.69, 9.17) is 5.26 Å². The van der Waals surface area contributed by atoms with Crippen LogP contribution in [0.2, 0.25) is 0 Å². The Morgan fingerprint density at radius 2 is 1.78 bits per heavy atom. The first-order chi connectivity index (χ1) is 10.9. The van der Waals surface area contributed by atoms with Crippen molar-refractivity contribution in [2.45, 2.75) is 26.2 Å². The summed E-state index contributed by atoms with van der Waals surface area (Å²) >= 11 is 0. The minimum absolute atomic E-state index is 0.0931. The molecule has 0 aliphatic heterocycles. The lowest BCUT2D eigenvalue weighted by atomic mass is 9.87. The normalized spacial score (nSPS) is 10.7. The molecule has 4 heteroatoms. The van der Waals surface area contributed by atoms with Gasteiger partial charge >= 0.3 is 0 Å². The van der Waals surface area contributed by atoms with E-state index in [9.17, 15) is 4.79 Å². The van der Waals surface area contributed by atoms with Crippen LogP contribution in [-0.4, -0.2) is 12.5 Å². The molecule has 2 rings (SSSR count). The molecule has 0 spiro atoms. The van der Waals surface area contributed by atoms with Crippen LogP contribution in [0, 0.1) is 11.3 Å². The van der Waals surface area contributed by atoms with Gasteiger partial charge < -0.3 is 10.6 Å². The molecule has 0 aliphatic rings. The average molecular weight is 307 g/mol. The van der Waals surface area contributed by atoms with Gasteiger partial charge in [-0.3, -0.25) is 4.79 Å². The number of rotatable bonds is 4. The van der Waals surface area contributed by atoms with Gasteiger partial charge in [-0.15, -0.1) is 0 Å². The van der Waals surface area contributed by atoms with Crippen molar-refractivity contribution in [3.8, 4) is 6.07 Å². The zero-order chi connectivity index (χ0) is 16.9. The fourth-order valence-corrected chi connectivity index (χ4v) is 2.14. The molecular weight excluding hydrogens is 286 g/mol. The van der Waals surface area contributed by atoms with Crippen LogP contribution in [0.25, 0.3) is 0 Å². The number of amides is 1.